The van der Waals surface area contributed by atoms with E-state index in [1.54, 1.807) is 12.5 Å². The lowest BCUT2D eigenvalue weighted by Crippen LogP contribution is -2.36. The van der Waals surface area contributed by atoms with Crippen molar-refractivity contribution in [3.05, 3.63) is 120 Å². The van der Waals surface area contributed by atoms with Crippen LogP contribution in [-0.4, -0.2) is 21.9 Å². The number of hydrogen-bond donors (Lipinski definition) is 0. The lowest BCUT2D eigenvalue weighted by molar-refractivity contribution is 0.0953. The third-order valence-electron chi connectivity index (χ3n) is 5.92. The van der Waals surface area contributed by atoms with Crippen molar-refractivity contribution in [2.75, 3.05) is 11.4 Å². The van der Waals surface area contributed by atoms with Gasteiger partial charge in [0.05, 0.1) is 29.9 Å². The van der Waals surface area contributed by atoms with E-state index < -0.39 is 6.04 Å². The highest BCUT2D eigenvalue weighted by Gasteiger charge is 2.31. The summed E-state index contributed by atoms with van der Waals surface area (Å²) >= 11 is 0. The van der Waals surface area contributed by atoms with Gasteiger partial charge in [0.25, 0.3) is 0 Å². The fourth-order valence-electron chi connectivity index (χ4n) is 4.12. The molecule has 0 saturated heterocycles. The normalized spacial score (nSPS) is 11.5. The average molecular weight is 449 g/mol. The molecule has 4 rings (SSSR count). The Balaban J connectivity index is 1.77. The van der Waals surface area contributed by atoms with Crippen LogP contribution in [0.4, 0.5) is 5.69 Å². The van der Waals surface area contributed by atoms with Crippen LogP contribution in [-0.2, 0) is 6.54 Å². The van der Waals surface area contributed by atoms with E-state index in [2.05, 4.69) is 35.0 Å². The Morgan fingerprint density at radius 1 is 1.00 bits per heavy atom. The van der Waals surface area contributed by atoms with Crippen molar-refractivity contribution in [1.29, 1.82) is 5.26 Å². The van der Waals surface area contributed by atoms with Crippen molar-refractivity contribution in [2.45, 2.75) is 32.4 Å². The highest BCUT2D eigenvalue weighted by Crippen LogP contribution is 2.31. The van der Waals surface area contributed by atoms with Crippen LogP contribution >= 0.6 is 0 Å². The summed E-state index contributed by atoms with van der Waals surface area (Å²) in [6.07, 6.45) is 5.58. The molecule has 170 valence electrons. The number of carbonyl (C=O) groups is 1. The summed E-state index contributed by atoms with van der Waals surface area (Å²) in [5.74, 6) is 0.0436. The molecule has 0 saturated carbocycles. The van der Waals surface area contributed by atoms with E-state index in [1.807, 2.05) is 77.4 Å². The van der Waals surface area contributed by atoms with E-state index in [0.717, 1.165) is 36.3 Å². The molecular formula is C29H28N4O. The van der Waals surface area contributed by atoms with Crippen LogP contribution in [0.1, 0.15) is 53.0 Å². The molecule has 3 aromatic carbocycles. The topological polar surface area (TPSA) is 61.9 Å². The second-order valence-electron chi connectivity index (χ2n) is 8.27. The van der Waals surface area contributed by atoms with Gasteiger partial charge in [-0.2, -0.15) is 5.26 Å². The predicted octanol–water partition coefficient (Wildman–Crippen LogP) is 6.03. The standard InChI is InChI=1S/C29H28N4O/c1-2-3-18-33(26-12-8-5-9-13-26)28(29(34)25-10-6-4-7-11-25)27-20-31-22-32(27)21-24-16-14-23(19-30)15-17-24/h4-17,20,22,28H,2-3,18,21H2,1H3. The van der Waals surface area contributed by atoms with E-state index in [9.17, 15) is 4.79 Å². The van der Waals surface area contributed by atoms with Crippen LogP contribution in [0.2, 0.25) is 0 Å². The molecule has 0 amide bonds. The van der Waals surface area contributed by atoms with Gasteiger partial charge in [0.1, 0.15) is 6.04 Å². The minimum Gasteiger partial charge on any atom is -0.356 e. The maximum absolute atomic E-state index is 14.0. The molecule has 5 heteroatoms. The van der Waals surface area contributed by atoms with Crippen LogP contribution < -0.4 is 4.90 Å². The zero-order chi connectivity index (χ0) is 23.8. The molecule has 0 bridgehead atoms. The van der Waals surface area contributed by atoms with Crippen molar-refractivity contribution >= 4 is 11.5 Å². The summed E-state index contributed by atoms with van der Waals surface area (Å²) in [5, 5.41) is 9.10. The predicted molar refractivity (Wildman–Crippen MR) is 135 cm³/mol. The number of hydrogen-bond acceptors (Lipinski definition) is 4. The molecule has 0 fully saturated rings. The summed E-state index contributed by atoms with van der Waals surface area (Å²) in [7, 11) is 0. The molecule has 0 N–H and O–H groups in total. The smallest absolute Gasteiger partial charge is 0.191 e. The second kappa shape index (κ2) is 11.1. The van der Waals surface area contributed by atoms with Crippen molar-refractivity contribution in [1.82, 2.24) is 9.55 Å². The maximum atomic E-state index is 14.0. The van der Waals surface area contributed by atoms with Gasteiger partial charge in [0.2, 0.25) is 0 Å². The first-order chi connectivity index (χ1) is 16.7. The largest absolute Gasteiger partial charge is 0.356 e. The number of imidazole rings is 1. The molecule has 4 aromatic rings. The number of carbonyl (C=O) groups excluding carboxylic acids is 1. The van der Waals surface area contributed by atoms with Gasteiger partial charge in [-0.1, -0.05) is 74.0 Å². The molecule has 1 heterocycles. The Kier molecular flexibility index (Phi) is 7.52. The number of rotatable bonds is 10. The Hall–Kier alpha value is -4.17. The van der Waals surface area contributed by atoms with E-state index in [-0.39, 0.29) is 5.78 Å². The zero-order valence-electron chi connectivity index (χ0n) is 19.3. The minimum absolute atomic E-state index is 0.0436. The highest BCUT2D eigenvalue weighted by atomic mass is 16.1. The van der Waals surface area contributed by atoms with E-state index in [1.165, 1.54) is 0 Å². The average Bonchev–Trinajstić information content (AvgIpc) is 3.35. The first-order valence-corrected chi connectivity index (χ1v) is 11.6. The number of para-hydroxylation sites is 1. The number of aromatic nitrogens is 2. The number of unbranched alkanes of at least 4 members (excludes halogenated alkanes) is 1. The molecule has 5 nitrogen and oxygen atoms in total. The monoisotopic (exact) mass is 448 g/mol. The highest BCUT2D eigenvalue weighted by molar-refractivity contribution is 6.02. The van der Waals surface area contributed by atoms with Crippen LogP contribution in [0.15, 0.2) is 97.5 Å². The van der Waals surface area contributed by atoms with Crippen LogP contribution in [0.3, 0.4) is 0 Å². The van der Waals surface area contributed by atoms with E-state index in [0.29, 0.717) is 17.7 Å². The third kappa shape index (κ3) is 5.24. The Labute approximate surface area is 200 Å². The summed E-state index contributed by atoms with van der Waals surface area (Å²) in [4.78, 5) is 20.6. The second-order valence-corrected chi connectivity index (χ2v) is 8.27. The van der Waals surface area contributed by atoms with Gasteiger partial charge in [0, 0.05) is 24.3 Å². The molecule has 34 heavy (non-hydrogen) atoms. The number of nitriles is 1. The number of Topliss-reactive ketones (excluding diaryl/α,β-unsaturated/α-hetero) is 1. The fourth-order valence-corrected chi connectivity index (χ4v) is 4.12. The number of anilines is 1. The molecule has 0 aliphatic carbocycles. The third-order valence-corrected chi connectivity index (χ3v) is 5.92. The lowest BCUT2D eigenvalue weighted by atomic mass is 9.98. The van der Waals surface area contributed by atoms with Crippen molar-refractivity contribution in [2.24, 2.45) is 0 Å². The Morgan fingerprint density at radius 2 is 1.68 bits per heavy atom. The summed E-state index contributed by atoms with van der Waals surface area (Å²) in [6.45, 7) is 3.48. The number of ketones is 1. The number of benzene rings is 3. The van der Waals surface area contributed by atoms with Crippen molar-refractivity contribution < 1.29 is 4.79 Å². The molecule has 0 aliphatic heterocycles. The van der Waals surface area contributed by atoms with Gasteiger partial charge < -0.3 is 9.47 Å². The molecule has 1 atom stereocenters. The zero-order valence-corrected chi connectivity index (χ0v) is 19.3. The van der Waals surface area contributed by atoms with E-state index >= 15 is 0 Å². The molecule has 0 radical (unpaired) electrons. The van der Waals surface area contributed by atoms with Gasteiger partial charge in [-0.3, -0.25) is 4.79 Å². The first-order valence-electron chi connectivity index (χ1n) is 11.6. The molecule has 0 aliphatic rings. The van der Waals surface area contributed by atoms with Crippen LogP contribution in [0.5, 0.6) is 0 Å². The quantitative estimate of drug-likeness (QED) is 0.278. The van der Waals surface area contributed by atoms with E-state index in [4.69, 9.17) is 5.26 Å². The van der Waals surface area contributed by atoms with Crippen molar-refractivity contribution in [3.63, 3.8) is 0 Å². The Bertz CT molecular complexity index is 1240. The van der Waals surface area contributed by atoms with Gasteiger partial charge in [-0.05, 0) is 36.2 Å². The maximum Gasteiger partial charge on any atom is 0.191 e. The van der Waals surface area contributed by atoms with Gasteiger partial charge in [-0.15, -0.1) is 0 Å². The van der Waals surface area contributed by atoms with Gasteiger partial charge in [0.15, 0.2) is 5.78 Å². The molecule has 1 unspecified atom stereocenters. The van der Waals surface area contributed by atoms with Crippen LogP contribution in [0.25, 0.3) is 0 Å². The SMILES string of the molecule is CCCCN(c1ccccc1)C(C(=O)c1ccccc1)c1cncn1Cc1ccc(C#N)cc1. The fraction of sp³-hybridized carbons (Fsp3) is 0.207. The lowest BCUT2D eigenvalue weighted by Gasteiger charge is -2.33. The van der Waals surface area contributed by atoms with Gasteiger partial charge >= 0.3 is 0 Å². The van der Waals surface area contributed by atoms with Gasteiger partial charge in [-0.25, -0.2) is 4.98 Å². The molecule has 0 spiro atoms. The molecule has 1 aromatic heterocycles. The summed E-state index contributed by atoms with van der Waals surface area (Å²) in [6, 6.07) is 28.8. The minimum atomic E-state index is -0.516. The molecular weight excluding hydrogens is 420 g/mol. The summed E-state index contributed by atoms with van der Waals surface area (Å²) in [5.41, 5.74) is 4.20. The summed E-state index contributed by atoms with van der Waals surface area (Å²) < 4.78 is 2.04. The Morgan fingerprint density at radius 3 is 2.32 bits per heavy atom. The van der Waals surface area contributed by atoms with Crippen molar-refractivity contribution in [3.8, 4) is 6.07 Å². The van der Waals surface area contributed by atoms with Crippen LogP contribution in [0, 0.1) is 11.3 Å². The first kappa shape index (κ1) is 23.0. The number of nitrogens with zero attached hydrogens (tertiary/aromatic N) is 4.